The maximum absolute atomic E-state index is 10.9. The molecule has 6 nitrogen and oxygen atoms in total. The Labute approximate surface area is 102 Å². The third-order valence-electron chi connectivity index (χ3n) is 2.36. The topological polar surface area (TPSA) is 104 Å². The number of phosphoric acid groups is 1. The minimum absolute atomic E-state index is 0.0974. The van der Waals surface area contributed by atoms with Crippen molar-refractivity contribution in [3.05, 3.63) is 35.9 Å². The minimum Gasteiger partial charge on any atom is -0.507 e. The maximum Gasteiger partial charge on any atom is 0.524 e. The molecule has 0 aliphatic heterocycles. The SMILES string of the molecule is O=Cc1ccc(OP(=O)(O)O)c2cccc(O)c12. The molecule has 3 N–H and O–H groups in total. The highest BCUT2D eigenvalue weighted by Gasteiger charge is 2.19. The molecule has 0 amide bonds. The summed E-state index contributed by atoms with van der Waals surface area (Å²) in [6.45, 7) is 0. The van der Waals surface area contributed by atoms with Gasteiger partial charge in [0.2, 0.25) is 0 Å². The van der Waals surface area contributed by atoms with Gasteiger partial charge in [-0.05, 0) is 18.2 Å². The number of aldehydes is 1. The van der Waals surface area contributed by atoms with Gasteiger partial charge in [0, 0.05) is 16.3 Å². The van der Waals surface area contributed by atoms with Crippen molar-refractivity contribution >= 4 is 24.9 Å². The number of rotatable bonds is 3. The Balaban J connectivity index is 2.75. The van der Waals surface area contributed by atoms with Gasteiger partial charge in [-0.1, -0.05) is 12.1 Å². The van der Waals surface area contributed by atoms with E-state index in [-0.39, 0.29) is 27.8 Å². The molecule has 0 aliphatic carbocycles. The number of benzene rings is 2. The number of carbonyl (C=O) groups is 1. The summed E-state index contributed by atoms with van der Waals surface area (Å²) in [6.07, 6.45) is 0.545. The minimum atomic E-state index is -4.70. The van der Waals surface area contributed by atoms with E-state index in [0.717, 1.165) is 0 Å². The molecule has 2 aromatic carbocycles. The van der Waals surface area contributed by atoms with E-state index in [0.29, 0.717) is 6.29 Å². The van der Waals surface area contributed by atoms with E-state index in [9.17, 15) is 14.5 Å². The summed E-state index contributed by atoms with van der Waals surface area (Å²) < 4.78 is 15.3. The molecule has 2 rings (SSSR count). The van der Waals surface area contributed by atoms with Crippen LogP contribution in [0.1, 0.15) is 10.4 Å². The van der Waals surface area contributed by atoms with Gasteiger partial charge in [-0.25, -0.2) is 4.57 Å². The number of hydrogen-bond donors (Lipinski definition) is 3. The van der Waals surface area contributed by atoms with Gasteiger partial charge in [0.25, 0.3) is 0 Å². The maximum atomic E-state index is 10.9. The summed E-state index contributed by atoms with van der Waals surface area (Å²) in [7, 11) is -4.70. The summed E-state index contributed by atoms with van der Waals surface area (Å²) >= 11 is 0. The Morgan fingerprint density at radius 1 is 1.17 bits per heavy atom. The molecule has 18 heavy (non-hydrogen) atoms. The molecule has 0 spiro atoms. The fourth-order valence-electron chi connectivity index (χ4n) is 1.69. The molecule has 94 valence electrons. The molecule has 0 unspecified atom stereocenters. The van der Waals surface area contributed by atoms with Crippen molar-refractivity contribution in [1.29, 1.82) is 0 Å². The summed E-state index contributed by atoms with van der Waals surface area (Å²) in [5.41, 5.74) is 0.209. The van der Waals surface area contributed by atoms with Crippen LogP contribution >= 0.6 is 7.82 Å². The fourth-order valence-corrected chi connectivity index (χ4v) is 2.11. The average Bonchev–Trinajstić information content (AvgIpc) is 2.28. The number of phenolic OH excluding ortho intramolecular Hbond substituents is 1. The first-order valence-electron chi connectivity index (χ1n) is 4.87. The Bertz CT molecular complexity index is 660. The zero-order chi connectivity index (χ0) is 13.3. The van der Waals surface area contributed by atoms with E-state index in [1.54, 1.807) is 0 Å². The molecule has 0 aromatic heterocycles. The van der Waals surface area contributed by atoms with Gasteiger partial charge >= 0.3 is 7.82 Å². The normalized spacial score (nSPS) is 11.4. The van der Waals surface area contributed by atoms with Gasteiger partial charge in [0.05, 0.1) is 0 Å². The molecule has 0 aliphatic rings. The summed E-state index contributed by atoms with van der Waals surface area (Å²) in [4.78, 5) is 28.4. The summed E-state index contributed by atoms with van der Waals surface area (Å²) in [5.74, 6) is -0.259. The third-order valence-corrected chi connectivity index (χ3v) is 2.79. The van der Waals surface area contributed by atoms with Gasteiger partial charge in [-0.2, -0.15) is 0 Å². The lowest BCUT2D eigenvalue weighted by molar-refractivity contribution is 0.112. The molecule has 0 fully saturated rings. The Hall–Kier alpha value is -1.88. The van der Waals surface area contributed by atoms with Crippen molar-refractivity contribution in [3.8, 4) is 11.5 Å². The highest BCUT2D eigenvalue weighted by molar-refractivity contribution is 7.46. The smallest absolute Gasteiger partial charge is 0.507 e. The van der Waals surface area contributed by atoms with Crippen LogP contribution in [-0.2, 0) is 4.57 Å². The lowest BCUT2D eigenvalue weighted by atomic mass is 10.0. The van der Waals surface area contributed by atoms with Crippen LogP contribution in [0.2, 0.25) is 0 Å². The first-order valence-corrected chi connectivity index (χ1v) is 6.40. The van der Waals surface area contributed by atoms with E-state index in [4.69, 9.17) is 9.79 Å². The monoisotopic (exact) mass is 268 g/mol. The second-order valence-corrected chi connectivity index (χ2v) is 4.72. The predicted molar refractivity (Wildman–Crippen MR) is 63.7 cm³/mol. The van der Waals surface area contributed by atoms with Crippen LogP contribution in [0.4, 0.5) is 0 Å². The molecule has 0 saturated heterocycles. The second-order valence-electron chi connectivity index (χ2n) is 3.55. The van der Waals surface area contributed by atoms with Gasteiger partial charge in [-0.15, -0.1) is 0 Å². The van der Waals surface area contributed by atoms with Gasteiger partial charge < -0.3 is 9.63 Å². The Morgan fingerprint density at radius 2 is 1.89 bits per heavy atom. The van der Waals surface area contributed by atoms with E-state index in [2.05, 4.69) is 4.52 Å². The van der Waals surface area contributed by atoms with Crippen LogP contribution in [0.3, 0.4) is 0 Å². The highest BCUT2D eigenvalue weighted by atomic mass is 31.2. The van der Waals surface area contributed by atoms with Crippen molar-refractivity contribution < 1.29 is 28.8 Å². The lowest BCUT2D eigenvalue weighted by Crippen LogP contribution is -1.93. The molecule has 0 radical (unpaired) electrons. The molecular formula is C11H9O6P. The van der Waals surface area contributed by atoms with E-state index < -0.39 is 7.82 Å². The Morgan fingerprint density at radius 3 is 2.50 bits per heavy atom. The van der Waals surface area contributed by atoms with Crippen LogP contribution in [0.15, 0.2) is 30.3 Å². The molecule has 2 aromatic rings. The molecule has 0 atom stereocenters. The Kier molecular flexibility index (Phi) is 3.09. The largest absolute Gasteiger partial charge is 0.524 e. The molecular weight excluding hydrogens is 259 g/mol. The average molecular weight is 268 g/mol. The molecule has 0 bridgehead atoms. The van der Waals surface area contributed by atoms with Gasteiger partial charge in [0.15, 0.2) is 6.29 Å². The number of phenols is 1. The van der Waals surface area contributed by atoms with E-state index >= 15 is 0 Å². The standard InChI is InChI=1S/C11H9O6P/c12-6-7-4-5-10(17-18(14,15)16)8-2-1-3-9(13)11(7)8/h1-6,13H,(H2,14,15,16). The van der Waals surface area contributed by atoms with Crippen molar-refractivity contribution in [2.24, 2.45) is 0 Å². The van der Waals surface area contributed by atoms with Crippen molar-refractivity contribution in [2.45, 2.75) is 0 Å². The highest BCUT2D eigenvalue weighted by Crippen LogP contribution is 2.42. The molecule has 0 heterocycles. The number of carbonyl (C=O) groups excluding carboxylic acids is 1. The van der Waals surface area contributed by atoms with Crippen LogP contribution in [-0.4, -0.2) is 21.2 Å². The first-order chi connectivity index (χ1) is 8.42. The van der Waals surface area contributed by atoms with E-state index in [1.807, 2.05) is 0 Å². The lowest BCUT2D eigenvalue weighted by Gasteiger charge is -2.11. The first kappa shape index (κ1) is 12.6. The predicted octanol–water partition coefficient (Wildman–Crippen LogP) is 1.83. The van der Waals surface area contributed by atoms with Gasteiger partial charge in [0.1, 0.15) is 11.5 Å². The third kappa shape index (κ3) is 2.36. The number of hydrogen-bond acceptors (Lipinski definition) is 4. The number of fused-ring (bicyclic) bond motifs is 1. The van der Waals surface area contributed by atoms with Crippen LogP contribution in [0.5, 0.6) is 11.5 Å². The van der Waals surface area contributed by atoms with E-state index in [1.165, 1.54) is 30.3 Å². The van der Waals surface area contributed by atoms with Crippen molar-refractivity contribution in [1.82, 2.24) is 0 Å². The van der Waals surface area contributed by atoms with Crippen LogP contribution in [0.25, 0.3) is 10.8 Å². The zero-order valence-corrected chi connectivity index (χ0v) is 9.87. The van der Waals surface area contributed by atoms with Crippen molar-refractivity contribution in [3.63, 3.8) is 0 Å². The van der Waals surface area contributed by atoms with Crippen LogP contribution in [0, 0.1) is 0 Å². The summed E-state index contributed by atoms with van der Waals surface area (Å²) in [6, 6.07) is 6.94. The number of aromatic hydroxyl groups is 1. The quantitative estimate of drug-likeness (QED) is 0.579. The fraction of sp³-hybridized carbons (Fsp3) is 0. The summed E-state index contributed by atoms with van der Waals surface area (Å²) in [5, 5.41) is 10.1. The number of phosphoric ester groups is 1. The van der Waals surface area contributed by atoms with Crippen molar-refractivity contribution in [2.75, 3.05) is 0 Å². The molecule has 7 heteroatoms. The van der Waals surface area contributed by atoms with Gasteiger partial charge in [-0.3, -0.25) is 14.6 Å². The zero-order valence-electron chi connectivity index (χ0n) is 8.98. The van der Waals surface area contributed by atoms with Crippen LogP contribution < -0.4 is 4.52 Å². The second kappa shape index (κ2) is 4.42. The molecule has 0 saturated carbocycles.